The first-order valence-electron chi connectivity index (χ1n) is 9.12. The highest BCUT2D eigenvalue weighted by atomic mass is 35.5. The Labute approximate surface area is 177 Å². The van der Waals surface area contributed by atoms with Crippen molar-refractivity contribution in [3.63, 3.8) is 0 Å². The molecule has 1 aliphatic carbocycles. The van der Waals surface area contributed by atoms with Crippen LogP contribution in [0.25, 0.3) is 0 Å². The van der Waals surface area contributed by atoms with E-state index in [0.717, 1.165) is 10.5 Å². The molecule has 1 atom stereocenters. The van der Waals surface area contributed by atoms with Crippen LogP contribution in [0.2, 0.25) is 10.0 Å². The highest BCUT2D eigenvalue weighted by Gasteiger charge is 2.52. The number of benzene rings is 1. The van der Waals surface area contributed by atoms with Gasteiger partial charge in [0.25, 0.3) is 5.91 Å². The molecule has 150 valence electrons. The maximum atomic E-state index is 13.1. The molecule has 29 heavy (non-hydrogen) atoms. The number of fused-ring (bicyclic) bond motifs is 1. The molecular weight excluding hydrogens is 415 g/mol. The summed E-state index contributed by atoms with van der Waals surface area (Å²) in [6.07, 6.45) is 2.97. The number of aryl methyl sites for hydroxylation is 1. The van der Waals surface area contributed by atoms with Crippen LogP contribution in [0.5, 0.6) is 0 Å². The molecule has 2 aromatic rings. The Hall–Kier alpha value is -2.64. The predicted octanol–water partition coefficient (Wildman–Crippen LogP) is 3.11. The van der Waals surface area contributed by atoms with E-state index in [-0.39, 0.29) is 10.8 Å². The summed E-state index contributed by atoms with van der Waals surface area (Å²) in [6.45, 7) is 1.28. The van der Waals surface area contributed by atoms with Crippen LogP contribution in [0.3, 0.4) is 0 Å². The van der Waals surface area contributed by atoms with Crippen LogP contribution in [0, 0.1) is 6.92 Å². The lowest BCUT2D eigenvalue weighted by molar-refractivity contribution is -0.134. The van der Waals surface area contributed by atoms with E-state index in [1.54, 1.807) is 6.92 Å². The summed E-state index contributed by atoms with van der Waals surface area (Å²) < 4.78 is 0. The number of carbonyl (C=O) groups excluding carboxylic acids is 3. The molecule has 1 unspecified atom stereocenters. The molecule has 7 nitrogen and oxygen atoms in total. The molecule has 2 heterocycles. The van der Waals surface area contributed by atoms with Crippen molar-refractivity contribution < 1.29 is 14.4 Å². The third-order valence-electron chi connectivity index (χ3n) is 5.44. The molecule has 0 radical (unpaired) electrons. The van der Waals surface area contributed by atoms with Crippen molar-refractivity contribution in [3.8, 4) is 0 Å². The van der Waals surface area contributed by atoms with Gasteiger partial charge in [0.15, 0.2) is 5.82 Å². The van der Waals surface area contributed by atoms with E-state index >= 15 is 0 Å². The topological polar surface area (TPSA) is 91.4 Å². The standard InChI is InChI=1S/C20H18Cl2N4O3/c1-11-14(21)9-23-17(16(11)22)24-15(27)10-26-18(28)20(25-19(26)29)7-6-12-4-2-3-5-13(12)8-20/h2-5,9H,6-8,10H2,1H3,(H,25,29)(H,23,24,27). The van der Waals surface area contributed by atoms with E-state index in [4.69, 9.17) is 23.2 Å². The Bertz CT molecular complexity index is 1040. The summed E-state index contributed by atoms with van der Waals surface area (Å²) in [4.78, 5) is 42.9. The second kappa shape index (κ2) is 7.31. The summed E-state index contributed by atoms with van der Waals surface area (Å²) in [5, 5.41) is 5.93. The lowest BCUT2D eigenvalue weighted by Crippen LogP contribution is -2.51. The summed E-state index contributed by atoms with van der Waals surface area (Å²) in [5.41, 5.74) is 1.79. The van der Waals surface area contributed by atoms with Gasteiger partial charge in [0.1, 0.15) is 12.1 Å². The molecule has 1 spiro atoms. The van der Waals surface area contributed by atoms with Gasteiger partial charge in [0, 0.05) is 12.6 Å². The number of aromatic nitrogens is 1. The van der Waals surface area contributed by atoms with Gasteiger partial charge in [0.05, 0.1) is 10.0 Å². The summed E-state index contributed by atoms with van der Waals surface area (Å²) in [5.74, 6) is -0.830. The van der Waals surface area contributed by atoms with Gasteiger partial charge < -0.3 is 10.6 Å². The zero-order chi connectivity index (χ0) is 20.8. The third kappa shape index (κ3) is 3.45. The van der Waals surface area contributed by atoms with Gasteiger partial charge in [-0.25, -0.2) is 9.78 Å². The van der Waals surface area contributed by atoms with Crippen molar-refractivity contribution in [3.05, 3.63) is 57.2 Å². The van der Waals surface area contributed by atoms with E-state index in [1.165, 1.54) is 11.8 Å². The second-order valence-corrected chi connectivity index (χ2v) is 8.08. The second-order valence-electron chi connectivity index (χ2n) is 7.29. The highest BCUT2D eigenvalue weighted by Crippen LogP contribution is 2.34. The monoisotopic (exact) mass is 432 g/mol. The maximum absolute atomic E-state index is 13.1. The molecule has 1 aliphatic heterocycles. The fourth-order valence-electron chi connectivity index (χ4n) is 3.80. The largest absolute Gasteiger partial charge is 0.325 e. The SMILES string of the molecule is Cc1c(Cl)cnc(NC(=O)CN2C(=O)NC3(CCc4ccccc4C3)C2=O)c1Cl. The smallest absolute Gasteiger partial charge is 0.323 e. The number of urea groups is 1. The van der Waals surface area contributed by atoms with Crippen LogP contribution < -0.4 is 10.6 Å². The molecule has 2 aliphatic rings. The van der Waals surface area contributed by atoms with Crippen molar-refractivity contribution in [1.82, 2.24) is 15.2 Å². The molecule has 1 aromatic carbocycles. The lowest BCUT2D eigenvalue weighted by Gasteiger charge is -2.32. The molecule has 1 aromatic heterocycles. The molecule has 1 fully saturated rings. The van der Waals surface area contributed by atoms with Crippen LogP contribution in [-0.2, 0) is 22.4 Å². The predicted molar refractivity (Wildman–Crippen MR) is 109 cm³/mol. The fraction of sp³-hybridized carbons (Fsp3) is 0.300. The number of nitrogens with one attached hydrogen (secondary N) is 2. The van der Waals surface area contributed by atoms with Crippen LogP contribution in [-0.4, -0.2) is 39.8 Å². The summed E-state index contributed by atoms with van der Waals surface area (Å²) in [6, 6.07) is 7.28. The first-order valence-corrected chi connectivity index (χ1v) is 9.88. The molecule has 0 saturated carbocycles. The molecule has 1 saturated heterocycles. The molecule has 2 N–H and O–H groups in total. The Balaban J connectivity index is 1.49. The first kappa shape index (κ1) is 19.7. The average Bonchev–Trinajstić information content (AvgIpc) is 2.92. The summed E-state index contributed by atoms with van der Waals surface area (Å²) in [7, 11) is 0. The Morgan fingerprint density at radius 3 is 2.76 bits per heavy atom. The van der Waals surface area contributed by atoms with E-state index in [0.29, 0.717) is 29.8 Å². The number of anilines is 1. The minimum atomic E-state index is -1.00. The van der Waals surface area contributed by atoms with Crippen LogP contribution in [0.1, 0.15) is 23.1 Å². The van der Waals surface area contributed by atoms with Gasteiger partial charge in [0.2, 0.25) is 5.91 Å². The third-order valence-corrected chi connectivity index (χ3v) is 6.28. The zero-order valence-electron chi connectivity index (χ0n) is 15.6. The molecule has 0 bridgehead atoms. The highest BCUT2D eigenvalue weighted by molar-refractivity contribution is 6.37. The van der Waals surface area contributed by atoms with Gasteiger partial charge in [-0.15, -0.1) is 0 Å². The number of amides is 4. The number of hydrogen-bond donors (Lipinski definition) is 2. The summed E-state index contributed by atoms with van der Waals surface area (Å²) >= 11 is 12.1. The van der Waals surface area contributed by atoms with Gasteiger partial charge in [-0.3, -0.25) is 14.5 Å². The number of nitrogens with zero attached hydrogens (tertiary/aromatic N) is 2. The van der Waals surface area contributed by atoms with E-state index in [1.807, 2.05) is 24.3 Å². The van der Waals surface area contributed by atoms with Crippen molar-refractivity contribution >= 4 is 46.9 Å². The molecule has 9 heteroatoms. The first-order chi connectivity index (χ1) is 13.8. The van der Waals surface area contributed by atoms with Gasteiger partial charge in [-0.05, 0) is 36.5 Å². The van der Waals surface area contributed by atoms with Crippen LogP contribution in [0.4, 0.5) is 10.6 Å². The zero-order valence-corrected chi connectivity index (χ0v) is 17.1. The molecular formula is C20H18Cl2N4O3. The fourth-order valence-corrected chi connectivity index (χ4v) is 4.19. The van der Waals surface area contributed by atoms with Gasteiger partial charge in [-0.2, -0.15) is 0 Å². The number of imide groups is 1. The lowest BCUT2D eigenvalue weighted by atomic mass is 9.78. The number of halogens is 2. The van der Waals surface area contributed by atoms with Crippen molar-refractivity contribution in [2.45, 2.75) is 31.7 Å². The maximum Gasteiger partial charge on any atom is 0.325 e. The van der Waals surface area contributed by atoms with Crippen molar-refractivity contribution in [2.75, 3.05) is 11.9 Å². The Morgan fingerprint density at radius 1 is 1.28 bits per heavy atom. The average molecular weight is 433 g/mol. The Kier molecular flexibility index (Phi) is 4.96. The normalized spacial score (nSPS) is 20.6. The number of carbonyl (C=O) groups is 3. The number of rotatable bonds is 3. The number of hydrogen-bond acceptors (Lipinski definition) is 4. The van der Waals surface area contributed by atoms with Gasteiger partial charge in [-0.1, -0.05) is 47.5 Å². The Morgan fingerprint density at radius 2 is 2.00 bits per heavy atom. The number of pyridine rings is 1. The van der Waals surface area contributed by atoms with E-state index in [9.17, 15) is 14.4 Å². The molecule has 4 amide bonds. The minimum absolute atomic E-state index is 0.131. The van der Waals surface area contributed by atoms with Crippen LogP contribution >= 0.6 is 23.2 Å². The van der Waals surface area contributed by atoms with E-state index < -0.39 is 29.9 Å². The quantitative estimate of drug-likeness (QED) is 0.728. The van der Waals surface area contributed by atoms with Gasteiger partial charge >= 0.3 is 6.03 Å². The van der Waals surface area contributed by atoms with Crippen molar-refractivity contribution in [2.24, 2.45) is 0 Å². The minimum Gasteiger partial charge on any atom is -0.323 e. The van der Waals surface area contributed by atoms with Crippen LogP contribution in [0.15, 0.2) is 30.5 Å². The molecule has 4 rings (SSSR count). The van der Waals surface area contributed by atoms with Crippen molar-refractivity contribution in [1.29, 1.82) is 0 Å². The van der Waals surface area contributed by atoms with E-state index in [2.05, 4.69) is 15.6 Å².